The fourth-order valence-corrected chi connectivity index (χ4v) is 3.36. The Morgan fingerprint density at radius 2 is 1.95 bits per heavy atom. The van der Waals surface area contributed by atoms with Crippen molar-refractivity contribution in [1.82, 2.24) is 20.2 Å². The summed E-state index contributed by atoms with van der Waals surface area (Å²) in [7, 11) is 0. The van der Waals surface area contributed by atoms with Gasteiger partial charge in [0.25, 0.3) is 0 Å². The standard InChI is InChI=1S/C14H12BrN5S/c15-13-8-12(7-6-10(13)9-16)21-14-17-18-19-20(14)11-4-2-1-3-5-11/h1-8H,9,16H2. The molecule has 5 nitrogen and oxygen atoms in total. The first kappa shape index (κ1) is 14.2. The van der Waals surface area contributed by atoms with Crippen LogP contribution in [0.1, 0.15) is 5.56 Å². The number of tetrazole rings is 1. The van der Waals surface area contributed by atoms with Crippen LogP contribution in [0.3, 0.4) is 0 Å². The molecule has 0 radical (unpaired) electrons. The van der Waals surface area contributed by atoms with Crippen molar-refractivity contribution in [2.75, 3.05) is 0 Å². The third-order valence-corrected chi connectivity index (χ3v) is 4.56. The Morgan fingerprint density at radius 1 is 1.14 bits per heavy atom. The average molecular weight is 362 g/mol. The van der Waals surface area contributed by atoms with Gasteiger partial charge in [-0.25, -0.2) is 0 Å². The molecule has 1 heterocycles. The number of aromatic nitrogens is 4. The second-order valence-electron chi connectivity index (χ2n) is 4.27. The first-order chi connectivity index (χ1) is 10.3. The van der Waals surface area contributed by atoms with Crippen molar-refractivity contribution in [2.45, 2.75) is 16.6 Å². The van der Waals surface area contributed by atoms with Crippen LogP contribution in [0, 0.1) is 0 Å². The molecule has 7 heteroatoms. The van der Waals surface area contributed by atoms with Crippen molar-refractivity contribution in [1.29, 1.82) is 0 Å². The summed E-state index contributed by atoms with van der Waals surface area (Å²) < 4.78 is 2.71. The molecule has 0 amide bonds. The average Bonchev–Trinajstić information content (AvgIpc) is 2.96. The molecule has 2 N–H and O–H groups in total. The number of nitrogens with zero attached hydrogens (tertiary/aromatic N) is 4. The van der Waals surface area contributed by atoms with Gasteiger partial charge >= 0.3 is 0 Å². The molecule has 0 saturated carbocycles. The van der Waals surface area contributed by atoms with Gasteiger partial charge in [0.05, 0.1) is 5.69 Å². The molecule has 2 aromatic carbocycles. The number of halogens is 1. The Hall–Kier alpha value is -1.70. The van der Waals surface area contributed by atoms with Crippen molar-refractivity contribution in [3.63, 3.8) is 0 Å². The van der Waals surface area contributed by atoms with Crippen LogP contribution in [0.4, 0.5) is 0 Å². The quantitative estimate of drug-likeness (QED) is 0.773. The number of benzene rings is 2. The maximum absolute atomic E-state index is 5.66. The van der Waals surface area contributed by atoms with E-state index in [4.69, 9.17) is 5.73 Å². The highest BCUT2D eigenvalue weighted by Gasteiger charge is 2.10. The highest BCUT2D eigenvalue weighted by molar-refractivity contribution is 9.10. The minimum Gasteiger partial charge on any atom is -0.326 e. The van der Waals surface area contributed by atoms with E-state index in [-0.39, 0.29) is 0 Å². The summed E-state index contributed by atoms with van der Waals surface area (Å²) in [5.74, 6) is 0. The summed E-state index contributed by atoms with van der Waals surface area (Å²) in [6, 6.07) is 15.9. The number of rotatable bonds is 4. The van der Waals surface area contributed by atoms with E-state index in [9.17, 15) is 0 Å². The lowest BCUT2D eigenvalue weighted by molar-refractivity contribution is 0.756. The lowest BCUT2D eigenvalue weighted by Crippen LogP contribution is -1.99. The Kier molecular flexibility index (Phi) is 4.33. The van der Waals surface area contributed by atoms with E-state index in [1.54, 1.807) is 4.68 Å². The topological polar surface area (TPSA) is 69.6 Å². The summed E-state index contributed by atoms with van der Waals surface area (Å²) in [4.78, 5) is 1.05. The van der Waals surface area contributed by atoms with E-state index < -0.39 is 0 Å². The van der Waals surface area contributed by atoms with E-state index in [1.807, 2.05) is 48.5 Å². The summed E-state index contributed by atoms with van der Waals surface area (Å²) in [5.41, 5.74) is 7.67. The molecule has 106 valence electrons. The van der Waals surface area contributed by atoms with Crippen molar-refractivity contribution < 1.29 is 0 Å². The minimum atomic E-state index is 0.507. The minimum absolute atomic E-state index is 0.507. The first-order valence-electron chi connectivity index (χ1n) is 6.28. The van der Waals surface area contributed by atoms with Crippen LogP contribution in [0.5, 0.6) is 0 Å². The Bertz CT molecular complexity index is 744. The molecule has 0 bridgehead atoms. The molecule has 0 saturated heterocycles. The van der Waals surface area contributed by atoms with Crippen LogP contribution in [0.15, 0.2) is 63.1 Å². The second-order valence-corrected chi connectivity index (χ2v) is 6.16. The van der Waals surface area contributed by atoms with Gasteiger partial charge in [0.1, 0.15) is 0 Å². The summed E-state index contributed by atoms with van der Waals surface area (Å²) in [5, 5.41) is 12.6. The molecule has 0 fully saturated rings. The summed E-state index contributed by atoms with van der Waals surface area (Å²) >= 11 is 5.03. The molecule has 0 aliphatic heterocycles. The van der Waals surface area contributed by atoms with E-state index in [2.05, 4.69) is 31.5 Å². The van der Waals surface area contributed by atoms with Gasteiger partial charge in [-0.3, -0.25) is 0 Å². The Labute approximate surface area is 134 Å². The van der Waals surface area contributed by atoms with Gasteiger partial charge in [-0.1, -0.05) is 40.2 Å². The van der Waals surface area contributed by atoms with E-state index in [0.29, 0.717) is 11.7 Å². The number of nitrogens with two attached hydrogens (primary N) is 1. The zero-order valence-electron chi connectivity index (χ0n) is 11.0. The summed E-state index contributed by atoms with van der Waals surface area (Å²) in [6.45, 7) is 0.507. The molecule has 1 aromatic heterocycles. The van der Waals surface area contributed by atoms with Gasteiger partial charge < -0.3 is 5.73 Å². The van der Waals surface area contributed by atoms with Gasteiger partial charge in [0.2, 0.25) is 5.16 Å². The first-order valence-corrected chi connectivity index (χ1v) is 7.89. The molecule has 0 spiro atoms. The lowest BCUT2D eigenvalue weighted by atomic mass is 10.2. The third kappa shape index (κ3) is 3.15. The van der Waals surface area contributed by atoms with Crippen LogP contribution >= 0.6 is 27.7 Å². The van der Waals surface area contributed by atoms with Crippen LogP contribution < -0.4 is 5.73 Å². The molecule has 0 unspecified atom stereocenters. The van der Waals surface area contributed by atoms with E-state index >= 15 is 0 Å². The largest absolute Gasteiger partial charge is 0.326 e. The molecule has 3 aromatic rings. The normalized spacial score (nSPS) is 10.8. The maximum atomic E-state index is 5.66. The van der Waals surface area contributed by atoms with Crippen molar-refractivity contribution >= 4 is 27.7 Å². The van der Waals surface area contributed by atoms with Gasteiger partial charge in [0.15, 0.2) is 0 Å². The van der Waals surface area contributed by atoms with Crippen molar-refractivity contribution in [3.8, 4) is 5.69 Å². The fourth-order valence-electron chi connectivity index (χ4n) is 1.84. The van der Waals surface area contributed by atoms with Crippen molar-refractivity contribution in [3.05, 3.63) is 58.6 Å². The molecular formula is C14H12BrN5S. The molecule has 3 rings (SSSR count). The van der Waals surface area contributed by atoms with Gasteiger partial charge in [0, 0.05) is 15.9 Å². The van der Waals surface area contributed by atoms with Crippen LogP contribution in [-0.2, 0) is 6.54 Å². The second kappa shape index (κ2) is 6.38. The molecule has 0 aliphatic carbocycles. The zero-order valence-corrected chi connectivity index (χ0v) is 13.4. The Balaban J connectivity index is 1.90. The maximum Gasteiger partial charge on any atom is 0.218 e. The fraction of sp³-hybridized carbons (Fsp3) is 0.0714. The number of hydrogen-bond acceptors (Lipinski definition) is 5. The molecular weight excluding hydrogens is 350 g/mol. The number of para-hydroxylation sites is 1. The van der Waals surface area contributed by atoms with Crippen LogP contribution in [-0.4, -0.2) is 20.2 Å². The summed E-state index contributed by atoms with van der Waals surface area (Å²) in [6.07, 6.45) is 0. The SMILES string of the molecule is NCc1ccc(Sc2nnnn2-c2ccccc2)cc1Br. The predicted octanol–water partition coefficient (Wildman–Crippen LogP) is 3.03. The molecule has 0 aliphatic rings. The highest BCUT2D eigenvalue weighted by atomic mass is 79.9. The predicted molar refractivity (Wildman–Crippen MR) is 85.3 cm³/mol. The van der Waals surface area contributed by atoms with Crippen LogP contribution in [0.25, 0.3) is 5.69 Å². The molecule has 0 atom stereocenters. The highest BCUT2D eigenvalue weighted by Crippen LogP contribution is 2.30. The van der Waals surface area contributed by atoms with Gasteiger partial charge in [-0.2, -0.15) is 4.68 Å². The van der Waals surface area contributed by atoms with Crippen LogP contribution in [0.2, 0.25) is 0 Å². The smallest absolute Gasteiger partial charge is 0.218 e. The number of hydrogen-bond donors (Lipinski definition) is 1. The third-order valence-electron chi connectivity index (χ3n) is 2.90. The molecule has 21 heavy (non-hydrogen) atoms. The lowest BCUT2D eigenvalue weighted by Gasteiger charge is -2.06. The van der Waals surface area contributed by atoms with E-state index in [0.717, 1.165) is 20.6 Å². The van der Waals surface area contributed by atoms with E-state index in [1.165, 1.54) is 11.8 Å². The monoisotopic (exact) mass is 361 g/mol. The van der Waals surface area contributed by atoms with Gasteiger partial charge in [-0.05, 0) is 52.0 Å². The Morgan fingerprint density at radius 3 is 2.67 bits per heavy atom. The van der Waals surface area contributed by atoms with Crippen molar-refractivity contribution in [2.24, 2.45) is 5.73 Å². The zero-order chi connectivity index (χ0) is 14.7. The van der Waals surface area contributed by atoms with Gasteiger partial charge in [-0.15, -0.1) is 5.10 Å².